The summed E-state index contributed by atoms with van der Waals surface area (Å²) in [5, 5.41) is 3.49. The Morgan fingerprint density at radius 3 is 1.56 bits per heavy atom. The van der Waals surface area contributed by atoms with E-state index in [4.69, 9.17) is 24.7 Å². The number of hydrogen-bond donors (Lipinski definition) is 2. The number of nitrogens with two attached hydrogens (primary N) is 1. The van der Waals surface area contributed by atoms with Crippen molar-refractivity contribution >= 4 is 0 Å². The summed E-state index contributed by atoms with van der Waals surface area (Å²) in [7, 11) is 8.72. The lowest BCUT2D eigenvalue weighted by molar-refractivity contribution is 0.345. The highest BCUT2D eigenvalue weighted by Gasteiger charge is 2.35. The van der Waals surface area contributed by atoms with Crippen LogP contribution in [0.2, 0.25) is 0 Å². The molecule has 2 fully saturated rings. The zero-order valence-electron chi connectivity index (χ0n) is 21.5. The molecule has 34 heavy (non-hydrogen) atoms. The van der Waals surface area contributed by atoms with E-state index in [0.29, 0.717) is 6.54 Å². The van der Waals surface area contributed by atoms with Crippen molar-refractivity contribution in [1.29, 1.82) is 0 Å². The minimum Gasteiger partial charge on any atom is -0.493 e. The molecule has 2 aliphatic rings. The van der Waals surface area contributed by atoms with Gasteiger partial charge in [0.25, 0.3) is 0 Å². The molecule has 0 heterocycles. The van der Waals surface area contributed by atoms with Crippen LogP contribution in [0.3, 0.4) is 0 Å². The highest BCUT2D eigenvalue weighted by atomic mass is 16.5. The van der Waals surface area contributed by atoms with Gasteiger partial charge in [-0.3, -0.25) is 0 Å². The number of ether oxygens (including phenoxy) is 4. The van der Waals surface area contributed by atoms with Gasteiger partial charge in [0, 0.05) is 17.5 Å². The van der Waals surface area contributed by atoms with Crippen LogP contribution >= 0.6 is 0 Å². The van der Waals surface area contributed by atoms with Crippen LogP contribution in [0, 0.1) is 0 Å². The predicted octanol–water partition coefficient (Wildman–Crippen LogP) is 5.17. The van der Waals surface area contributed by atoms with E-state index in [9.17, 15) is 0 Å². The molecule has 3 N–H and O–H groups in total. The Labute approximate surface area is 205 Å². The minimum atomic E-state index is 0.125. The maximum Gasteiger partial charge on any atom is 0.161 e. The number of nitrogens with one attached hydrogen (secondary N) is 1. The van der Waals surface area contributed by atoms with Crippen LogP contribution in [0.25, 0.3) is 0 Å². The van der Waals surface area contributed by atoms with Gasteiger partial charge in [-0.25, -0.2) is 0 Å². The molecule has 0 unspecified atom stereocenters. The topological polar surface area (TPSA) is 75.0 Å². The van der Waals surface area contributed by atoms with Crippen molar-refractivity contribution < 1.29 is 18.9 Å². The molecule has 0 aliphatic heterocycles. The number of benzene rings is 2. The van der Waals surface area contributed by atoms with Gasteiger partial charge in [-0.05, 0) is 68.1 Å². The molecule has 2 aliphatic carbocycles. The number of rotatable bonds is 8. The number of methoxy groups -OCH3 is 4. The third kappa shape index (κ3) is 5.28. The van der Waals surface area contributed by atoms with Gasteiger partial charge in [0.05, 0.1) is 28.4 Å². The summed E-state index contributed by atoms with van der Waals surface area (Å²) < 4.78 is 21.3. The van der Waals surface area contributed by atoms with Gasteiger partial charge in [-0.1, -0.05) is 37.8 Å². The molecular weight excluding hydrogens is 428 g/mol. The Kier molecular flexibility index (Phi) is 9.09. The van der Waals surface area contributed by atoms with Gasteiger partial charge >= 0.3 is 0 Å². The summed E-state index contributed by atoms with van der Waals surface area (Å²) >= 11 is 0. The normalized spacial score (nSPS) is 18.1. The Morgan fingerprint density at radius 2 is 1.12 bits per heavy atom. The van der Waals surface area contributed by atoms with Crippen LogP contribution in [-0.2, 0) is 11.0 Å². The van der Waals surface area contributed by atoms with E-state index in [-0.39, 0.29) is 11.0 Å². The molecule has 2 saturated carbocycles. The van der Waals surface area contributed by atoms with E-state index in [1.807, 2.05) is 19.2 Å². The molecule has 188 valence electrons. The first-order valence-electron chi connectivity index (χ1n) is 12.4. The van der Waals surface area contributed by atoms with Crippen LogP contribution in [0.4, 0.5) is 0 Å². The van der Waals surface area contributed by atoms with E-state index in [1.54, 1.807) is 28.4 Å². The average molecular weight is 471 g/mol. The van der Waals surface area contributed by atoms with Gasteiger partial charge in [0.15, 0.2) is 23.0 Å². The highest BCUT2D eigenvalue weighted by molar-refractivity contribution is 5.46. The summed E-state index contributed by atoms with van der Waals surface area (Å²) in [6, 6.07) is 12.4. The molecule has 2 aromatic carbocycles. The molecule has 6 heteroatoms. The minimum absolute atomic E-state index is 0.125. The van der Waals surface area contributed by atoms with Crippen molar-refractivity contribution in [2.24, 2.45) is 5.73 Å². The van der Waals surface area contributed by atoms with Crippen molar-refractivity contribution in [3.63, 3.8) is 0 Å². The van der Waals surface area contributed by atoms with Gasteiger partial charge in [0.1, 0.15) is 0 Å². The molecular formula is C28H42N2O4. The smallest absolute Gasteiger partial charge is 0.161 e. The fourth-order valence-corrected chi connectivity index (χ4v) is 5.62. The second-order valence-electron chi connectivity index (χ2n) is 9.37. The highest BCUT2D eigenvalue weighted by Crippen LogP contribution is 2.43. The molecule has 0 saturated heterocycles. The molecule has 0 amide bonds. The monoisotopic (exact) mass is 470 g/mol. The average Bonchev–Trinajstić information content (AvgIpc) is 3.59. The molecule has 0 radical (unpaired) electrons. The van der Waals surface area contributed by atoms with Gasteiger partial charge in [0.2, 0.25) is 0 Å². The van der Waals surface area contributed by atoms with E-state index in [2.05, 4.69) is 29.6 Å². The third-order valence-corrected chi connectivity index (χ3v) is 7.82. The molecule has 4 rings (SSSR count). The third-order valence-electron chi connectivity index (χ3n) is 7.82. The van der Waals surface area contributed by atoms with E-state index in [1.165, 1.54) is 62.5 Å². The zero-order chi connectivity index (χ0) is 24.6. The SMILES string of the molecule is CNC1(c2ccc(OC)c(OC)c2)CCCC1.COc1ccc(C2(CN)CCCC2)cc1OC. The molecule has 0 aromatic heterocycles. The largest absolute Gasteiger partial charge is 0.493 e. The lowest BCUT2D eigenvalue weighted by Crippen LogP contribution is -2.36. The molecule has 2 aromatic rings. The summed E-state index contributed by atoms with van der Waals surface area (Å²) in [5.41, 5.74) is 8.86. The van der Waals surface area contributed by atoms with Gasteiger partial charge < -0.3 is 30.0 Å². The zero-order valence-corrected chi connectivity index (χ0v) is 21.5. The summed E-state index contributed by atoms with van der Waals surface area (Å²) in [5.74, 6) is 3.18. The Hall–Kier alpha value is -2.44. The first kappa shape index (κ1) is 26.2. The van der Waals surface area contributed by atoms with Crippen molar-refractivity contribution in [3.8, 4) is 23.0 Å². The first-order valence-corrected chi connectivity index (χ1v) is 12.4. The van der Waals surface area contributed by atoms with Crippen molar-refractivity contribution in [2.75, 3.05) is 42.0 Å². The lowest BCUT2D eigenvalue weighted by atomic mass is 9.79. The predicted molar refractivity (Wildman–Crippen MR) is 137 cm³/mol. The van der Waals surface area contributed by atoms with Crippen LogP contribution in [-0.4, -0.2) is 42.0 Å². The lowest BCUT2D eigenvalue weighted by Gasteiger charge is -2.29. The summed E-state index contributed by atoms with van der Waals surface area (Å²) in [6.07, 6.45) is 9.86. The number of hydrogen-bond acceptors (Lipinski definition) is 6. The van der Waals surface area contributed by atoms with E-state index < -0.39 is 0 Å². The Balaban J connectivity index is 0.000000191. The van der Waals surface area contributed by atoms with Crippen LogP contribution in [0.1, 0.15) is 62.5 Å². The van der Waals surface area contributed by atoms with Gasteiger partial charge in [-0.15, -0.1) is 0 Å². The van der Waals surface area contributed by atoms with Crippen LogP contribution in [0.15, 0.2) is 36.4 Å². The summed E-state index contributed by atoms with van der Waals surface area (Å²) in [6.45, 7) is 0.711. The second-order valence-corrected chi connectivity index (χ2v) is 9.37. The Bertz CT molecular complexity index is 843. The molecule has 0 spiro atoms. The Morgan fingerprint density at radius 1 is 0.676 bits per heavy atom. The van der Waals surface area contributed by atoms with Crippen LogP contribution in [0.5, 0.6) is 23.0 Å². The van der Waals surface area contributed by atoms with E-state index >= 15 is 0 Å². The molecule has 0 atom stereocenters. The molecule has 6 nitrogen and oxygen atoms in total. The maximum absolute atomic E-state index is 5.99. The quantitative estimate of drug-likeness (QED) is 0.555. The van der Waals surface area contributed by atoms with Crippen molar-refractivity contribution in [2.45, 2.75) is 62.3 Å². The fraction of sp³-hybridized carbons (Fsp3) is 0.571. The van der Waals surface area contributed by atoms with Crippen molar-refractivity contribution in [3.05, 3.63) is 47.5 Å². The van der Waals surface area contributed by atoms with E-state index in [0.717, 1.165) is 23.0 Å². The first-order chi connectivity index (χ1) is 16.5. The second kappa shape index (κ2) is 11.8. The maximum atomic E-state index is 5.99. The van der Waals surface area contributed by atoms with Crippen LogP contribution < -0.4 is 30.0 Å². The molecule has 0 bridgehead atoms. The summed E-state index contributed by atoms with van der Waals surface area (Å²) in [4.78, 5) is 0. The fourth-order valence-electron chi connectivity index (χ4n) is 5.62. The standard InChI is InChI=1S/2C14H21NO2/c1-15-14(8-4-5-9-14)11-6-7-12(16-2)13(10-11)17-3;1-16-12-6-5-11(9-13(12)17-2)14(10-15)7-3-4-8-14/h6-7,10,15H,4-5,8-9H2,1-3H3;5-6,9H,3-4,7-8,10,15H2,1-2H3. The van der Waals surface area contributed by atoms with Gasteiger partial charge in [-0.2, -0.15) is 0 Å². The van der Waals surface area contributed by atoms with Crippen molar-refractivity contribution in [1.82, 2.24) is 5.32 Å².